The minimum Gasteiger partial charge on any atom is -0.341 e. The highest BCUT2D eigenvalue weighted by Gasteiger charge is 2.23. The highest BCUT2D eigenvalue weighted by Crippen LogP contribution is 2.32. The molecule has 6 heteroatoms. The zero-order valence-corrected chi connectivity index (χ0v) is 21.8. The van der Waals surface area contributed by atoms with Crippen LogP contribution in [0.15, 0.2) is 59.1 Å². The van der Waals surface area contributed by atoms with Crippen molar-refractivity contribution in [2.75, 3.05) is 0 Å². The fourth-order valence-electron chi connectivity index (χ4n) is 5.48. The lowest BCUT2D eigenvalue weighted by molar-refractivity contribution is -0.140. The third-order valence-electron chi connectivity index (χ3n) is 7.22. The molecule has 2 aromatic heterocycles. The molecule has 0 N–H and O–H groups in total. The number of carbonyl (C=O) groups excluding carboxylic acids is 2. The molecule has 1 fully saturated rings. The Kier molecular flexibility index (Phi) is 7.33. The van der Waals surface area contributed by atoms with Crippen LogP contribution in [0.25, 0.3) is 21.8 Å². The first-order chi connectivity index (χ1) is 17.5. The number of rotatable bonds is 8. The summed E-state index contributed by atoms with van der Waals surface area (Å²) in [5, 5.41) is 8.35. The van der Waals surface area contributed by atoms with Crippen molar-refractivity contribution in [3.8, 4) is 0 Å². The van der Waals surface area contributed by atoms with Crippen LogP contribution in [0.2, 0.25) is 0 Å². The van der Waals surface area contributed by atoms with Crippen molar-refractivity contribution in [3.63, 3.8) is 0 Å². The largest absolute Gasteiger partial charge is 0.341 e. The number of hydrogen-bond donors (Lipinski definition) is 0. The number of carbonyl (C=O) groups is 2. The maximum atomic E-state index is 13.6. The molecule has 0 radical (unpaired) electrons. The summed E-state index contributed by atoms with van der Waals surface area (Å²) >= 11 is 1.77. The van der Waals surface area contributed by atoms with E-state index < -0.39 is 5.97 Å². The Morgan fingerprint density at radius 1 is 1.03 bits per heavy atom. The van der Waals surface area contributed by atoms with Gasteiger partial charge in [0.1, 0.15) is 5.71 Å². The van der Waals surface area contributed by atoms with Crippen molar-refractivity contribution < 1.29 is 14.4 Å². The van der Waals surface area contributed by atoms with E-state index in [0.29, 0.717) is 23.6 Å². The van der Waals surface area contributed by atoms with E-state index in [-0.39, 0.29) is 5.78 Å². The predicted octanol–water partition coefficient (Wildman–Crippen LogP) is 7.54. The minimum absolute atomic E-state index is 0.157. The number of hydrogen-bond acceptors (Lipinski definition) is 5. The minimum atomic E-state index is -0.510. The molecule has 4 aromatic rings. The first-order valence-corrected chi connectivity index (χ1v) is 13.8. The molecule has 1 aliphatic carbocycles. The summed E-state index contributed by atoms with van der Waals surface area (Å²) < 4.78 is 2.30. The van der Waals surface area contributed by atoms with E-state index in [1.807, 2.05) is 18.2 Å². The van der Waals surface area contributed by atoms with Crippen LogP contribution in [-0.2, 0) is 22.6 Å². The van der Waals surface area contributed by atoms with Crippen LogP contribution < -0.4 is 0 Å². The van der Waals surface area contributed by atoms with Gasteiger partial charge in [-0.25, -0.2) is 4.79 Å². The quantitative estimate of drug-likeness (QED) is 0.109. The number of thiophene rings is 1. The van der Waals surface area contributed by atoms with Gasteiger partial charge in [-0.05, 0) is 66.6 Å². The molecule has 0 amide bonds. The fourth-order valence-corrected chi connectivity index (χ4v) is 6.22. The molecule has 36 heavy (non-hydrogen) atoms. The molecule has 0 aliphatic heterocycles. The van der Waals surface area contributed by atoms with Crippen molar-refractivity contribution in [2.24, 2.45) is 11.1 Å². The molecule has 0 unspecified atom stereocenters. The Morgan fingerprint density at radius 2 is 1.78 bits per heavy atom. The molecule has 5 rings (SSSR count). The number of nitrogens with zero attached hydrogens (tertiary/aromatic N) is 2. The highest BCUT2D eigenvalue weighted by atomic mass is 32.1. The first-order valence-electron chi connectivity index (χ1n) is 12.9. The molecular formula is C30H32N2O3S. The van der Waals surface area contributed by atoms with Gasteiger partial charge in [0.25, 0.3) is 0 Å². The van der Waals surface area contributed by atoms with Crippen LogP contribution in [0.1, 0.15) is 73.2 Å². The SMILES string of the molecule is CCn1c2ccc(Cc3cccs3)cc2c2cc(C(=O)C(CC3CCCCC3)=NOC(C)=O)ccc21. The van der Waals surface area contributed by atoms with Crippen molar-refractivity contribution >= 4 is 50.6 Å². The Hall–Kier alpha value is -3.25. The topological polar surface area (TPSA) is 60.7 Å². The van der Waals surface area contributed by atoms with E-state index in [4.69, 9.17) is 4.84 Å². The Labute approximate surface area is 215 Å². The van der Waals surface area contributed by atoms with Gasteiger partial charge in [-0.15, -0.1) is 11.3 Å². The molecule has 0 atom stereocenters. The van der Waals surface area contributed by atoms with Crippen LogP contribution in [0.3, 0.4) is 0 Å². The zero-order valence-electron chi connectivity index (χ0n) is 21.0. The predicted molar refractivity (Wildman–Crippen MR) is 147 cm³/mol. The Bertz CT molecular complexity index is 1430. The summed E-state index contributed by atoms with van der Waals surface area (Å²) in [6, 6.07) is 16.8. The second-order valence-corrected chi connectivity index (χ2v) is 10.8. The fraction of sp³-hybridized carbons (Fsp3) is 0.367. The van der Waals surface area contributed by atoms with Gasteiger partial charge in [-0.3, -0.25) is 4.79 Å². The average molecular weight is 501 g/mol. The molecular weight excluding hydrogens is 468 g/mol. The number of Topliss-reactive ketones (excluding diaryl/α,β-unsaturated/α-hetero) is 1. The second-order valence-electron chi connectivity index (χ2n) is 9.74. The lowest BCUT2D eigenvalue weighted by Gasteiger charge is -2.21. The summed E-state index contributed by atoms with van der Waals surface area (Å²) in [7, 11) is 0. The maximum absolute atomic E-state index is 13.6. The standard InChI is InChI=1S/C30H32N2O3S/c1-3-32-28-13-11-22(16-24-10-7-15-36-24)17-25(28)26-19-23(12-14-29(26)32)30(34)27(31-35-20(2)33)18-21-8-5-4-6-9-21/h7,10-15,17,19,21H,3-6,8-9,16,18H2,1-2H3. The van der Waals surface area contributed by atoms with Crippen LogP contribution in [-0.4, -0.2) is 22.0 Å². The van der Waals surface area contributed by atoms with E-state index in [9.17, 15) is 9.59 Å². The lowest BCUT2D eigenvalue weighted by atomic mass is 9.84. The number of fused-ring (bicyclic) bond motifs is 3. The Morgan fingerprint density at radius 3 is 2.47 bits per heavy atom. The van der Waals surface area contributed by atoms with Gasteiger partial charge >= 0.3 is 5.97 Å². The molecule has 2 aromatic carbocycles. The number of ketones is 1. The van der Waals surface area contributed by atoms with Gasteiger partial charge in [0.05, 0.1) is 0 Å². The van der Waals surface area contributed by atoms with E-state index in [2.05, 4.69) is 52.4 Å². The van der Waals surface area contributed by atoms with Crippen molar-refractivity contribution in [1.82, 2.24) is 4.57 Å². The monoisotopic (exact) mass is 500 g/mol. The van der Waals surface area contributed by atoms with Gasteiger partial charge in [0.2, 0.25) is 5.78 Å². The van der Waals surface area contributed by atoms with Crippen molar-refractivity contribution in [3.05, 3.63) is 69.9 Å². The van der Waals surface area contributed by atoms with Crippen molar-refractivity contribution in [1.29, 1.82) is 0 Å². The van der Waals surface area contributed by atoms with Gasteiger partial charge in [-0.1, -0.05) is 49.4 Å². The van der Waals surface area contributed by atoms with Gasteiger partial charge in [0.15, 0.2) is 0 Å². The third-order valence-corrected chi connectivity index (χ3v) is 8.10. The normalized spacial score (nSPS) is 15.0. The molecule has 2 heterocycles. The molecule has 0 spiro atoms. The number of oxime groups is 1. The first kappa shape index (κ1) is 24.4. The lowest BCUT2D eigenvalue weighted by Crippen LogP contribution is -2.21. The molecule has 0 bridgehead atoms. The summed E-state index contributed by atoms with van der Waals surface area (Å²) in [5.41, 5.74) is 4.47. The second kappa shape index (κ2) is 10.8. The van der Waals surface area contributed by atoms with E-state index in [1.54, 1.807) is 11.3 Å². The van der Waals surface area contributed by atoms with Gasteiger partial charge in [-0.2, -0.15) is 0 Å². The third kappa shape index (κ3) is 5.14. The molecule has 0 saturated heterocycles. The van der Waals surface area contributed by atoms with Crippen LogP contribution in [0.5, 0.6) is 0 Å². The molecule has 5 nitrogen and oxygen atoms in total. The van der Waals surface area contributed by atoms with Crippen molar-refractivity contribution in [2.45, 2.75) is 65.3 Å². The summed E-state index contributed by atoms with van der Waals surface area (Å²) in [5.74, 6) is -0.262. The number of aromatic nitrogens is 1. The molecule has 1 aliphatic rings. The summed E-state index contributed by atoms with van der Waals surface area (Å²) in [6.07, 6.45) is 7.21. The number of benzene rings is 2. The summed E-state index contributed by atoms with van der Waals surface area (Å²) in [4.78, 5) is 31.4. The smallest absolute Gasteiger partial charge is 0.331 e. The van der Waals surface area contributed by atoms with Crippen LogP contribution >= 0.6 is 11.3 Å². The molecule has 1 saturated carbocycles. The Balaban J connectivity index is 1.53. The number of aryl methyl sites for hydroxylation is 1. The zero-order chi connectivity index (χ0) is 25.1. The van der Waals surface area contributed by atoms with Gasteiger partial charge in [0, 0.05) is 52.1 Å². The van der Waals surface area contributed by atoms with Gasteiger partial charge < -0.3 is 9.40 Å². The van der Waals surface area contributed by atoms with Crippen LogP contribution in [0.4, 0.5) is 0 Å². The van der Waals surface area contributed by atoms with E-state index >= 15 is 0 Å². The van der Waals surface area contributed by atoms with Crippen LogP contribution in [0, 0.1) is 5.92 Å². The summed E-state index contributed by atoms with van der Waals surface area (Å²) in [6.45, 7) is 4.30. The average Bonchev–Trinajstić information content (AvgIpc) is 3.51. The van der Waals surface area contributed by atoms with E-state index in [0.717, 1.165) is 42.1 Å². The van der Waals surface area contributed by atoms with E-state index in [1.165, 1.54) is 42.1 Å². The molecule has 186 valence electrons. The highest BCUT2D eigenvalue weighted by molar-refractivity contribution is 7.09. The maximum Gasteiger partial charge on any atom is 0.331 e.